The van der Waals surface area contributed by atoms with Crippen molar-refractivity contribution in [3.8, 4) is 0 Å². The van der Waals surface area contributed by atoms with Gasteiger partial charge in [0.2, 0.25) is 5.78 Å². The van der Waals surface area contributed by atoms with Crippen LogP contribution in [0.25, 0.3) is 0 Å². The smallest absolute Gasteiger partial charge is 0.857 e. The number of aliphatic carboxylic acids is 1. The van der Waals surface area contributed by atoms with Crippen molar-refractivity contribution in [2.75, 3.05) is 13.7 Å². The van der Waals surface area contributed by atoms with Crippen LogP contribution in [-0.4, -0.2) is 47.4 Å². The summed E-state index contributed by atoms with van der Waals surface area (Å²) in [4.78, 5) is 35.4. The third-order valence-electron chi connectivity index (χ3n) is 3.26. The number of Topliss-reactive ketones (excluding diaryl/α,β-unsaturated/α-hetero) is 1. The predicted octanol–water partition coefficient (Wildman–Crippen LogP) is -3.34. The van der Waals surface area contributed by atoms with E-state index in [1.165, 1.54) is 0 Å². The van der Waals surface area contributed by atoms with Gasteiger partial charge in [-0.15, -0.1) is 0 Å². The minimum atomic E-state index is -1.04. The molecule has 1 N–H and O–H groups in total. The van der Waals surface area contributed by atoms with Crippen LogP contribution in [0.4, 0.5) is 0 Å². The second-order valence-corrected chi connectivity index (χ2v) is 4.71. The van der Waals surface area contributed by atoms with Crippen LogP contribution in [0.15, 0.2) is 0 Å². The summed E-state index contributed by atoms with van der Waals surface area (Å²) in [6.07, 6.45) is 0.990. The molecule has 1 fully saturated rings. The van der Waals surface area contributed by atoms with E-state index in [1.54, 1.807) is 13.8 Å². The largest absolute Gasteiger partial charge is 1.00 e. The molecule has 1 aliphatic rings. The van der Waals surface area contributed by atoms with Crippen LogP contribution in [0.5, 0.6) is 0 Å². The zero-order chi connectivity index (χ0) is 14.5. The van der Waals surface area contributed by atoms with Gasteiger partial charge in [0.15, 0.2) is 0 Å². The quantitative estimate of drug-likeness (QED) is 0.432. The molecule has 1 aliphatic heterocycles. The maximum atomic E-state index is 11.8. The second kappa shape index (κ2) is 9.20. The molecule has 104 valence electrons. The summed E-state index contributed by atoms with van der Waals surface area (Å²) in [7, 11) is 0.750. The van der Waals surface area contributed by atoms with Crippen molar-refractivity contribution in [3.63, 3.8) is 0 Å². The van der Waals surface area contributed by atoms with E-state index in [9.17, 15) is 14.4 Å². The molecule has 7 heteroatoms. The Morgan fingerprint density at radius 3 is 2.05 bits per heavy atom. The van der Waals surface area contributed by atoms with Crippen molar-refractivity contribution in [2.24, 2.45) is 5.41 Å². The van der Waals surface area contributed by atoms with Crippen LogP contribution in [0.3, 0.4) is 0 Å². The van der Waals surface area contributed by atoms with Crippen LogP contribution in [0.2, 0.25) is 0 Å². The second-order valence-electron chi connectivity index (χ2n) is 4.71. The maximum absolute atomic E-state index is 11.8. The van der Waals surface area contributed by atoms with Gasteiger partial charge < -0.3 is 15.1 Å². The molecule has 0 aromatic carbocycles. The number of rotatable bonds is 4. The Balaban J connectivity index is 0. The van der Waals surface area contributed by atoms with Crippen molar-refractivity contribution < 1.29 is 76.0 Å². The zero-order valence-corrected chi connectivity index (χ0v) is 15.3. The Morgan fingerprint density at radius 2 is 1.79 bits per heavy atom. The Morgan fingerprint density at radius 1 is 1.32 bits per heavy atom. The first-order valence-electron chi connectivity index (χ1n) is 5.80. The molecule has 0 aliphatic carbocycles. The summed E-state index contributed by atoms with van der Waals surface area (Å²) in [6, 6.07) is -0.816. The number of carboxylic acid groups (broad SMARTS) is 1. The third-order valence-corrected chi connectivity index (χ3v) is 3.26. The van der Waals surface area contributed by atoms with Crippen LogP contribution in [0.1, 0.15) is 33.6 Å². The average molecular weight is 297 g/mol. The predicted molar refractivity (Wildman–Crippen MR) is 62.8 cm³/mol. The van der Waals surface area contributed by atoms with Gasteiger partial charge in [-0.05, 0) is 12.8 Å². The molecule has 0 saturated carbocycles. The van der Waals surface area contributed by atoms with Crippen LogP contribution in [0, 0.1) is 5.41 Å². The summed E-state index contributed by atoms with van der Waals surface area (Å²) in [5.41, 5.74) is -0.713. The van der Waals surface area contributed by atoms with Gasteiger partial charge in [0, 0.05) is 12.0 Å². The van der Waals surface area contributed by atoms with E-state index in [0.717, 1.165) is 12.0 Å². The summed E-state index contributed by atoms with van der Waals surface area (Å²) >= 11 is 0. The van der Waals surface area contributed by atoms with Gasteiger partial charge in [0.05, 0.1) is 0 Å². The van der Waals surface area contributed by atoms with Gasteiger partial charge in [-0.25, -0.2) is 4.79 Å². The number of likely N-dealkylation sites (tertiary alicyclic amines) is 1. The molecule has 6 nitrogen and oxygen atoms in total. The van der Waals surface area contributed by atoms with Crippen molar-refractivity contribution in [1.29, 1.82) is 0 Å². The van der Waals surface area contributed by atoms with Crippen molar-refractivity contribution >= 4 is 17.7 Å². The first-order chi connectivity index (χ1) is 8.31. The van der Waals surface area contributed by atoms with Crippen LogP contribution in [-0.2, 0) is 14.4 Å². The number of carboxylic acids is 1. The van der Waals surface area contributed by atoms with Crippen molar-refractivity contribution in [3.05, 3.63) is 0 Å². The number of ketones is 1. The Hall–Kier alpha value is 0.206. The normalized spacial score (nSPS) is 17.3. The fraction of sp³-hybridized carbons (Fsp3) is 0.750. The van der Waals surface area contributed by atoms with E-state index in [-0.39, 0.29) is 51.4 Å². The summed E-state index contributed by atoms with van der Waals surface area (Å²) in [6.45, 7) is 5.59. The molecule has 0 spiro atoms. The van der Waals surface area contributed by atoms with Crippen LogP contribution >= 0.6 is 0 Å². The minimum absolute atomic E-state index is 0. The number of hydrogen-bond donors (Lipinski definition) is 1. The van der Waals surface area contributed by atoms with E-state index >= 15 is 0 Å². The van der Waals surface area contributed by atoms with Gasteiger partial charge in [-0.3, -0.25) is 9.59 Å². The number of hydrogen-bond acceptors (Lipinski definition) is 4. The summed E-state index contributed by atoms with van der Waals surface area (Å²) in [5, 5.41) is 17.0. The molecule has 0 bridgehead atoms. The first-order valence-corrected chi connectivity index (χ1v) is 5.80. The molecule has 19 heavy (non-hydrogen) atoms. The van der Waals surface area contributed by atoms with E-state index in [0.29, 0.717) is 19.4 Å². The van der Waals surface area contributed by atoms with Gasteiger partial charge >= 0.3 is 57.4 Å². The fourth-order valence-corrected chi connectivity index (χ4v) is 1.47. The van der Waals surface area contributed by atoms with E-state index in [4.69, 9.17) is 10.2 Å². The molecule has 1 rings (SSSR count). The zero-order valence-electron chi connectivity index (χ0n) is 12.2. The molecular weight excluding hydrogens is 277 g/mol. The number of carbonyl (C=O) groups is 3. The van der Waals surface area contributed by atoms with Gasteiger partial charge in [0.25, 0.3) is 5.91 Å². The standard InChI is InChI=1S/C11H17NO4.CH3O.K/c1-4-11(2,3)8(13)9(14)12-6-5-7(12)10(15)16;1-2;/h7H,4-6H2,1-3H3,(H,15,16);1H3;/q;-1;+1. The maximum Gasteiger partial charge on any atom is 1.00 e. The first kappa shape index (κ1) is 21.5. The molecular formula is C12H20KNO5. The molecule has 0 radical (unpaired) electrons. The van der Waals surface area contributed by atoms with Crippen molar-refractivity contribution in [1.82, 2.24) is 4.90 Å². The van der Waals surface area contributed by atoms with E-state index < -0.39 is 29.1 Å². The summed E-state index contributed by atoms with van der Waals surface area (Å²) < 4.78 is 0. The van der Waals surface area contributed by atoms with E-state index in [2.05, 4.69) is 0 Å². The monoisotopic (exact) mass is 297 g/mol. The summed E-state index contributed by atoms with van der Waals surface area (Å²) in [5.74, 6) is -2.20. The molecule has 1 amide bonds. The topological polar surface area (TPSA) is 97.7 Å². The minimum Gasteiger partial charge on any atom is -0.857 e. The van der Waals surface area contributed by atoms with Crippen LogP contribution < -0.4 is 56.5 Å². The third kappa shape index (κ3) is 5.24. The van der Waals surface area contributed by atoms with Gasteiger partial charge in [-0.1, -0.05) is 20.8 Å². The molecule has 0 aromatic heterocycles. The van der Waals surface area contributed by atoms with Crippen molar-refractivity contribution in [2.45, 2.75) is 39.7 Å². The Labute approximate surface area is 156 Å². The Bertz CT molecular complexity index is 343. The molecule has 1 atom stereocenters. The van der Waals surface area contributed by atoms with E-state index in [1.807, 2.05) is 6.92 Å². The number of amides is 1. The molecule has 1 saturated heterocycles. The molecule has 1 heterocycles. The van der Waals surface area contributed by atoms with Gasteiger partial charge in [0.1, 0.15) is 6.04 Å². The average Bonchev–Trinajstić information content (AvgIpc) is 2.28. The van der Waals surface area contributed by atoms with Gasteiger partial charge in [-0.2, -0.15) is 7.11 Å². The number of nitrogens with zero attached hydrogens (tertiary/aromatic N) is 1. The SMILES string of the molecule is CCC(C)(C)C(=O)C(=O)N1CCC1C(=O)O.C[O-].[K+]. The number of carbonyl (C=O) groups excluding carboxylic acids is 2. The molecule has 0 aromatic rings. The fourth-order valence-electron chi connectivity index (χ4n) is 1.47. The Kier molecular flexibility index (Phi) is 10.4. The molecule has 1 unspecified atom stereocenters.